The number of hydrogen-bond acceptors (Lipinski definition) is 1. The molecule has 0 saturated heterocycles. The normalized spacial score (nSPS) is 25.1. The van der Waals surface area contributed by atoms with Crippen LogP contribution in [0.5, 0.6) is 0 Å². The summed E-state index contributed by atoms with van der Waals surface area (Å²) in [5.74, 6) is 2.48. The first-order valence-corrected chi connectivity index (χ1v) is 8.18. The van der Waals surface area contributed by atoms with E-state index in [0.29, 0.717) is 0 Å². The molecule has 1 nitrogen and oxygen atoms in total. The molecule has 0 aromatic heterocycles. The van der Waals surface area contributed by atoms with E-state index in [4.69, 9.17) is 11.6 Å². The zero-order valence-electron chi connectivity index (χ0n) is 11.5. The van der Waals surface area contributed by atoms with Gasteiger partial charge in [-0.2, -0.15) is 0 Å². The summed E-state index contributed by atoms with van der Waals surface area (Å²) in [5.41, 5.74) is 0. The zero-order valence-corrected chi connectivity index (χ0v) is 12.3. The van der Waals surface area contributed by atoms with Crippen LogP contribution in [0.15, 0.2) is 0 Å². The Bertz CT molecular complexity index is 172. The predicted molar refractivity (Wildman–Crippen MR) is 77.8 cm³/mol. The highest BCUT2D eigenvalue weighted by Gasteiger charge is 2.23. The van der Waals surface area contributed by atoms with Gasteiger partial charge in [0.05, 0.1) is 0 Å². The standard InChI is InChI=1S/C15H30ClN/c1-2-3-4-5-8-11-17-13-15-10-7-6-9-14(15)12-16/h14-15,17H,2-13H2,1H3. The molecule has 1 aliphatic carbocycles. The molecule has 102 valence electrons. The molecule has 0 radical (unpaired) electrons. The molecule has 17 heavy (non-hydrogen) atoms. The minimum absolute atomic E-state index is 0.776. The molecule has 2 heteroatoms. The number of halogens is 1. The van der Waals surface area contributed by atoms with Crippen molar-refractivity contribution in [3.05, 3.63) is 0 Å². The van der Waals surface area contributed by atoms with Crippen molar-refractivity contribution in [3.8, 4) is 0 Å². The van der Waals surface area contributed by atoms with Gasteiger partial charge in [-0.3, -0.25) is 0 Å². The molecular formula is C15H30ClN. The topological polar surface area (TPSA) is 12.0 Å². The lowest BCUT2D eigenvalue weighted by Gasteiger charge is -2.30. The molecule has 0 heterocycles. The Hall–Kier alpha value is 0.250. The third kappa shape index (κ3) is 6.67. The van der Waals surface area contributed by atoms with Gasteiger partial charge in [0.25, 0.3) is 0 Å². The fourth-order valence-electron chi connectivity index (χ4n) is 2.90. The molecule has 1 aliphatic rings. The van der Waals surface area contributed by atoms with Crippen LogP contribution in [0.1, 0.15) is 64.7 Å². The molecule has 0 amide bonds. The average molecular weight is 260 g/mol. The monoisotopic (exact) mass is 259 g/mol. The van der Waals surface area contributed by atoms with Crippen molar-refractivity contribution in [3.63, 3.8) is 0 Å². The highest BCUT2D eigenvalue weighted by molar-refractivity contribution is 6.18. The van der Waals surface area contributed by atoms with Gasteiger partial charge in [0.15, 0.2) is 0 Å². The van der Waals surface area contributed by atoms with E-state index in [1.807, 2.05) is 0 Å². The van der Waals surface area contributed by atoms with Crippen LogP contribution >= 0.6 is 11.6 Å². The molecule has 0 spiro atoms. The van der Waals surface area contributed by atoms with Gasteiger partial charge >= 0.3 is 0 Å². The summed E-state index contributed by atoms with van der Waals surface area (Å²) >= 11 is 6.04. The van der Waals surface area contributed by atoms with Crippen molar-refractivity contribution >= 4 is 11.6 Å². The fraction of sp³-hybridized carbons (Fsp3) is 1.00. The lowest BCUT2D eigenvalue weighted by molar-refractivity contribution is 0.251. The van der Waals surface area contributed by atoms with Crippen LogP contribution < -0.4 is 5.32 Å². The fourth-order valence-corrected chi connectivity index (χ4v) is 3.30. The van der Waals surface area contributed by atoms with Crippen molar-refractivity contribution in [1.29, 1.82) is 0 Å². The van der Waals surface area contributed by atoms with E-state index in [9.17, 15) is 0 Å². The van der Waals surface area contributed by atoms with E-state index in [0.717, 1.165) is 17.7 Å². The Kier molecular flexibility index (Phi) is 9.18. The van der Waals surface area contributed by atoms with E-state index in [2.05, 4.69) is 12.2 Å². The van der Waals surface area contributed by atoms with Gasteiger partial charge in [0.1, 0.15) is 0 Å². The molecule has 0 aromatic rings. The van der Waals surface area contributed by atoms with Crippen molar-refractivity contribution in [2.75, 3.05) is 19.0 Å². The second-order valence-corrected chi connectivity index (χ2v) is 5.89. The minimum atomic E-state index is 0.776. The van der Waals surface area contributed by atoms with Gasteiger partial charge in [-0.1, -0.05) is 45.4 Å². The second kappa shape index (κ2) is 10.2. The van der Waals surface area contributed by atoms with Gasteiger partial charge in [-0.25, -0.2) is 0 Å². The summed E-state index contributed by atoms with van der Waals surface area (Å²) in [7, 11) is 0. The first-order valence-electron chi connectivity index (χ1n) is 7.65. The molecule has 0 aliphatic heterocycles. The maximum absolute atomic E-state index is 6.04. The molecular weight excluding hydrogens is 230 g/mol. The zero-order chi connectivity index (χ0) is 12.3. The van der Waals surface area contributed by atoms with Crippen molar-refractivity contribution in [2.45, 2.75) is 64.7 Å². The summed E-state index contributed by atoms with van der Waals surface area (Å²) in [6.45, 7) is 4.67. The van der Waals surface area contributed by atoms with Crippen LogP contribution in [0.4, 0.5) is 0 Å². The Morgan fingerprint density at radius 3 is 2.41 bits per heavy atom. The van der Waals surface area contributed by atoms with E-state index in [1.165, 1.54) is 70.9 Å². The van der Waals surface area contributed by atoms with E-state index in [1.54, 1.807) is 0 Å². The average Bonchev–Trinajstić information content (AvgIpc) is 2.38. The second-order valence-electron chi connectivity index (χ2n) is 5.58. The third-order valence-corrected chi connectivity index (χ3v) is 4.52. The third-order valence-electron chi connectivity index (χ3n) is 4.13. The number of rotatable bonds is 9. The first kappa shape index (κ1) is 15.3. The predicted octanol–water partition coefficient (Wildman–Crippen LogP) is 4.59. The van der Waals surface area contributed by atoms with Crippen LogP contribution in [0.3, 0.4) is 0 Å². The SMILES string of the molecule is CCCCCCCNCC1CCCCC1CCl. The first-order chi connectivity index (χ1) is 8.38. The number of nitrogens with one attached hydrogen (secondary N) is 1. The van der Waals surface area contributed by atoms with Crippen LogP contribution in [0.25, 0.3) is 0 Å². The van der Waals surface area contributed by atoms with Crippen LogP contribution in [0.2, 0.25) is 0 Å². The molecule has 0 bridgehead atoms. The van der Waals surface area contributed by atoms with Crippen LogP contribution in [-0.2, 0) is 0 Å². The molecule has 1 saturated carbocycles. The van der Waals surface area contributed by atoms with E-state index in [-0.39, 0.29) is 0 Å². The highest BCUT2D eigenvalue weighted by atomic mass is 35.5. The highest BCUT2D eigenvalue weighted by Crippen LogP contribution is 2.30. The maximum Gasteiger partial charge on any atom is 0.0254 e. The maximum atomic E-state index is 6.04. The number of unbranched alkanes of at least 4 members (excludes halogenated alkanes) is 4. The van der Waals surface area contributed by atoms with E-state index >= 15 is 0 Å². The summed E-state index contributed by atoms with van der Waals surface area (Å²) in [4.78, 5) is 0. The lowest BCUT2D eigenvalue weighted by Crippen LogP contribution is -2.31. The van der Waals surface area contributed by atoms with Gasteiger partial charge in [-0.05, 0) is 44.2 Å². The van der Waals surface area contributed by atoms with Gasteiger partial charge < -0.3 is 5.32 Å². The summed E-state index contributed by atoms with van der Waals surface area (Å²) < 4.78 is 0. The molecule has 2 unspecified atom stereocenters. The largest absolute Gasteiger partial charge is 0.316 e. The molecule has 1 fully saturated rings. The van der Waals surface area contributed by atoms with Crippen molar-refractivity contribution in [2.24, 2.45) is 11.8 Å². The number of hydrogen-bond donors (Lipinski definition) is 1. The van der Waals surface area contributed by atoms with Crippen molar-refractivity contribution in [1.82, 2.24) is 5.32 Å². The van der Waals surface area contributed by atoms with Crippen LogP contribution in [-0.4, -0.2) is 19.0 Å². The smallest absolute Gasteiger partial charge is 0.0254 e. The lowest BCUT2D eigenvalue weighted by atomic mass is 9.80. The molecule has 1 N–H and O–H groups in total. The Balaban J connectivity index is 1.97. The van der Waals surface area contributed by atoms with Gasteiger partial charge in [0, 0.05) is 5.88 Å². The van der Waals surface area contributed by atoms with Crippen molar-refractivity contribution < 1.29 is 0 Å². The molecule has 2 atom stereocenters. The quantitative estimate of drug-likeness (QED) is 0.472. The Morgan fingerprint density at radius 2 is 1.71 bits per heavy atom. The summed E-state index contributed by atoms with van der Waals surface area (Å²) in [5, 5.41) is 3.64. The van der Waals surface area contributed by atoms with Gasteiger partial charge in [0.2, 0.25) is 0 Å². The molecule has 1 rings (SSSR count). The summed E-state index contributed by atoms with van der Waals surface area (Å²) in [6.07, 6.45) is 12.4. The minimum Gasteiger partial charge on any atom is -0.316 e. The molecule has 0 aromatic carbocycles. The Morgan fingerprint density at radius 1 is 1.00 bits per heavy atom. The number of alkyl halides is 1. The Labute approximate surface area is 113 Å². The van der Waals surface area contributed by atoms with Crippen LogP contribution in [0, 0.1) is 11.8 Å². The van der Waals surface area contributed by atoms with Gasteiger partial charge in [-0.15, -0.1) is 11.6 Å². The summed E-state index contributed by atoms with van der Waals surface area (Å²) in [6, 6.07) is 0. The van der Waals surface area contributed by atoms with E-state index < -0.39 is 0 Å².